The highest BCUT2D eigenvalue weighted by atomic mass is 32.2. The molecule has 0 bridgehead atoms. The molecule has 5 nitrogen and oxygen atoms in total. The molecule has 2 heterocycles. The fourth-order valence-electron chi connectivity index (χ4n) is 4.55. The van der Waals surface area contributed by atoms with E-state index >= 15 is 0 Å². The van der Waals surface area contributed by atoms with Gasteiger partial charge >= 0.3 is 0 Å². The maximum atomic E-state index is 13.8. The van der Waals surface area contributed by atoms with Gasteiger partial charge in [-0.05, 0) is 41.8 Å². The molecule has 0 spiro atoms. The first-order chi connectivity index (χ1) is 13.6. The molecule has 5 rings (SSSR count). The van der Waals surface area contributed by atoms with Crippen LogP contribution in [0.5, 0.6) is 11.5 Å². The van der Waals surface area contributed by atoms with Crippen LogP contribution in [-0.2, 0) is 21.2 Å². The fourth-order valence-corrected chi connectivity index (χ4v) is 6.69. The van der Waals surface area contributed by atoms with E-state index in [1.54, 1.807) is 36.4 Å². The van der Waals surface area contributed by atoms with Crippen molar-refractivity contribution in [3.05, 3.63) is 78.4 Å². The zero-order chi connectivity index (χ0) is 19.4. The van der Waals surface area contributed by atoms with Crippen LogP contribution in [0.1, 0.15) is 23.5 Å². The number of hydrogen-bond donors (Lipinski definition) is 0. The Hall–Kier alpha value is -2.57. The van der Waals surface area contributed by atoms with E-state index in [1.807, 2.05) is 24.3 Å². The van der Waals surface area contributed by atoms with Gasteiger partial charge in [0.15, 0.2) is 21.3 Å². The summed E-state index contributed by atoms with van der Waals surface area (Å²) in [4.78, 5) is 0.301. The van der Waals surface area contributed by atoms with E-state index in [2.05, 4.69) is 6.58 Å². The summed E-state index contributed by atoms with van der Waals surface area (Å²) < 4.78 is 43.6. The van der Waals surface area contributed by atoms with Gasteiger partial charge in [-0.15, -0.1) is 6.58 Å². The molecule has 0 aromatic heterocycles. The Morgan fingerprint density at radius 2 is 1.89 bits per heavy atom. The van der Waals surface area contributed by atoms with Crippen LogP contribution in [0.2, 0.25) is 0 Å². The fraction of sp³-hybridized carbons (Fsp3) is 0.273. The molecule has 3 atom stereocenters. The SMILES string of the molecule is C=CC[C@]1(S(=O)(=O)c2ccccc2)C=C[C@H]2OCc3cc4c(cc3[C@H]21)OCO4. The van der Waals surface area contributed by atoms with Crippen molar-refractivity contribution >= 4 is 9.84 Å². The van der Waals surface area contributed by atoms with E-state index in [0.29, 0.717) is 29.4 Å². The average molecular weight is 396 g/mol. The molecule has 28 heavy (non-hydrogen) atoms. The number of hydrogen-bond acceptors (Lipinski definition) is 5. The summed E-state index contributed by atoms with van der Waals surface area (Å²) in [7, 11) is -3.70. The third-order valence-electron chi connectivity index (χ3n) is 5.84. The quantitative estimate of drug-likeness (QED) is 0.737. The summed E-state index contributed by atoms with van der Waals surface area (Å²) in [6.45, 7) is 4.43. The molecule has 2 aromatic rings. The largest absolute Gasteiger partial charge is 0.454 e. The van der Waals surface area contributed by atoms with Crippen molar-refractivity contribution < 1.29 is 22.6 Å². The summed E-state index contributed by atoms with van der Waals surface area (Å²) in [5.74, 6) is 0.942. The number of benzene rings is 2. The maximum Gasteiger partial charge on any atom is 0.231 e. The average Bonchev–Trinajstić information content (AvgIpc) is 3.32. The minimum Gasteiger partial charge on any atom is -0.454 e. The Labute approximate surface area is 164 Å². The predicted molar refractivity (Wildman–Crippen MR) is 104 cm³/mol. The van der Waals surface area contributed by atoms with E-state index in [1.165, 1.54) is 0 Å². The van der Waals surface area contributed by atoms with Gasteiger partial charge in [-0.25, -0.2) is 8.42 Å². The molecule has 6 heteroatoms. The van der Waals surface area contributed by atoms with Gasteiger partial charge in [0.2, 0.25) is 6.79 Å². The number of fused-ring (bicyclic) bond motifs is 4. The first-order valence-corrected chi connectivity index (χ1v) is 10.7. The van der Waals surface area contributed by atoms with Crippen molar-refractivity contribution in [3.8, 4) is 11.5 Å². The Morgan fingerprint density at radius 1 is 1.14 bits per heavy atom. The molecule has 0 amide bonds. The smallest absolute Gasteiger partial charge is 0.231 e. The second-order valence-corrected chi connectivity index (χ2v) is 9.52. The summed E-state index contributed by atoms with van der Waals surface area (Å²) in [6.07, 6.45) is 5.33. The van der Waals surface area contributed by atoms with Gasteiger partial charge in [0.1, 0.15) is 4.75 Å². The molecule has 0 saturated heterocycles. The van der Waals surface area contributed by atoms with Crippen molar-refractivity contribution in [1.82, 2.24) is 0 Å². The topological polar surface area (TPSA) is 61.8 Å². The number of allylic oxidation sites excluding steroid dienone is 1. The highest BCUT2D eigenvalue weighted by Crippen LogP contribution is 2.54. The Kier molecular flexibility index (Phi) is 3.89. The maximum absolute atomic E-state index is 13.8. The van der Waals surface area contributed by atoms with Gasteiger partial charge in [-0.1, -0.05) is 36.4 Å². The molecular weight excluding hydrogens is 376 g/mol. The Balaban J connectivity index is 1.71. The summed E-state index contributed by atoms with van der Waals surface area (Å²) >= 11 is 0. The lowest BCUT2D eigenvalue weighted by Gasteiger charge is -2.39. The third-order valence-corrected chi connectivity index (χ3v) is 8.29. The van der Waals surface area contributed by atoms with Gasteiger partial charge in [0, 0.05) is 5.92 Å². The van der Waals surface area contributed by atoms with Crippen molar-refractivity contribution in [3.63, 3.8) is 0 Å². The van der Waals surface area contributed by atoms with Gasteiger partial charge in [-0.2, -0.15) is 0 Å². The van der Waals surface area contributed by atoms with E-state index in [0.717, 1.165) is 11.1 Å². The molecule has 1 aliphatic carbocycles. The van der Waals surface area contributed by atoms with Crippen LogP contribution in [0, 0.1) is 0 Å². The van der Waals surface area contributed by atoms with Crippen molar-refractivity contribution in [2.24, 2.45) is 0 Å². The van der Waals surface area contributed by atoms with E-state index in [9.17, 15) is 8.42 Å². The highest BCUT2D eigenvalue weighted by molar-refractivity contribution is 7.93. The van der Waals surface area contributed by atoms with Crippen molar-refractivity contribution in [2.45, 2.75) is 34.7 Å². The molecule has 0 N–H and O–H groups in total. The summed E-state index contributed by atoms with van der Waals surface area (Å²) in [5, 5.41) is 0. The zero-order valence-electron chi connectivity index (χ0n) is 15.2. The first-order valence-electron chi connectivity index (χ1n) is 9.21. The lowest BCUT2D eigenvalue weighted by molar-refractivity contribution is 0.0393. The van der Waals surface area contributed by atoms with Gasteiger partial charge in [0.25, 0.3) is 0 Å². The molecule has 0 unspecified atom stereocenters. The second-order valence-electron chi connectivity index (χ2n) is 7.28. The van der Waals surface area contributed by atoms with Crippen LogP contribution in [0.15, 0.2) is 72.2 Å². The highest BCUT2D eigenvalue weighted by Gasteiger charge is 2.56. The van der Waals surface area contributed by atoms with Gasteiger partial charge < -0.3 is 14.2 Å². The number of ether oxygens (including phenoxy) is 3. The van der Waals surface area contributed by atoms with Crippen LogP contribution in [-0.4, -0.2) is 26.1 Å². The molecule has 2 aromatic carbocycles. The molecule has 0 fully saturated rings. The van der Waals surface area contributed by atoms with Crippen molar-refractivity contribution in [1.29, 1.82) is 0 Å². The lowest BCUT2D eigenvalue weighted by atomic mass is 9.80. The normalized spacial score (nSPS) is 27.3. The van der Waals surface area contributed by atoms with Gasteiger partial charge in [-0.3, -0.25) is 0 Å². The van der Waals surface area contributed by atoms with Crippen LogP contribution in [0.4, 0.5) is 0 Å². The number of rotatable bonds is 4. The standard InChI is InChI=1S/C22H20O5S/c1-2-9-22(28(23,24)16-6-4-3-5-7-16)10-8-18-21(22)17-12-20-19(26-14-27-20)11-15(17)13-25-18/h2-8,10-12,18,21H,1,9,13-14H2/t18-,21-,22+/m1/s1. The molecule has 0 saturated carbocycles. The van der Waals surface area contributed by atoms with E-state index < -0.39 is 14.6 Å². The van der Waals surface area contributed by atoms with Crippen LogP contribution in [0.25, 0.3) is 0 Å². The third kappa shape index (κ3) is 2.31. The minimum atomic E-state index is -3.70. The summed E-state index contributed by atoms with van der Waals surface area (Å²) in [6, 6.07) is 12.4. The van der Waals surface area contributed by atoms with Crippen LogP contribution >= 0.6 is 0 Å². The minimum absolute atomic E-state index is 0.172. The van der Waals surface area contributed by atoms with E-state index in [4.69, 9.17) is 14.2 Å². The zero-order valence-corrected chi connectivity index (χ0v) is 16.0. The van der Waals surface area contributed by atoms with Gasteiger partial charge in [0.05, 0.1) is 17.6 Å². The monoisotopic (exact) mass is 396 g/mol. The summed E-state index contributed by atoms with van der Waals surface area (Å²) in [5.41, 5.74) is 1.87. The lowest BCUT2D eigenvalue weighted by Crippen LogP contribution is -2.45. The molecule has 144 valence electrons. The molecular formula is C22H20O5S. The second kappa shape index (κ2) is 6.22. The number of sulfone groups is 1. The molecule has 2 aliphatic heterocycles. The van der Waals surface area contributed by atoms with Crippen LogP contribution in [0.3, 0.4) is 0 Å². The molecule has 3 aliphatic rings. The Bertz CT molecular complexity index is 1070. The van der Waals surface area contributed by atoms with Crippen LogP contribution < -0.4 is 9.47 Å². The Morgan fingerprint density at radius 3 is 2.64 bits per heavy atom. The predicted octanol–water partition coefficient (Wildman–Crippen LogP) is 3.76. The van der Waals surface area contributed by atoms with Crippen molar-refractivity contribution in [2.75, 3.05) is 6.79 Å². The first kappa shape index (κ1) is 17.5. The van der Waals surface area contributed by atoms with E-state index in [-0.39, 0.29) is 18.8 Å². The molecule has 0 radical (unpaired) electrons.